The van der Waals surface area contributed by atoms with Gasteiger partial charge in [0.15, 0.2) is 0 Å². The number of ether oxygens (including phenoxy) is 2. The lowest BCUT2D eigenvalue weighted by atomic mass is 9.94. The van der Waals surface area contributed by atoms with Crippen LogP contribution in [0.1, 0.15) is 25.5 Å². The van der Waals surface area contributed by atoms with Crippen LogP contribution in [-0.4, -0.2) is 11.7 Å². The van der Waals surface area contributed by atoms with E-state index in [4.69, 9.17) is 9.47 Å². The maximum atomic E-state index is 5.88. The molecule has 1 aromatic carbocycles. The van der Waals surface area contributed by atoms with Crippen molar-refractivity contribution >= 4 is 15.9 Å². The van der Waals surface area contributed by atoms with Crippen molar-refractivity contribution in [3.05, 3.63) is 28.2 Å². The molecule has 2 unspecified atom stereocenters. The van der Waals surface area contributed by atoms with Gasteiger partial charge in [-0.25, -0.2) is 0 Å². The smallest absolute Gasteiger partial charge is 0.132 e. The second-order valence-electron chi connectivity index (χ2n) is 4.36. The van der Waals surface area contributed by atoms with Crippen molar-refractivity contribution in [3.63, 3.8) is 0 Å². The molecule has 2 heterocycles. The zero-order valence-electron chi connectivity index (χ0n) is 8.08. The molecular formula is C11H11BrO2. The lowest BCUT2D eigenvalue weighted by Crippen LogP contribution is -2.37. The number of rotatable bonds is 0. The van der Waals surface area contributed by atoms with Gasteiger partial charge in [-0.1, -0.05) is 15.9 Å². The van der Waals surface area contributed by atoms with Gasteiger partial charge in [-0.3, -0.25) is 0 Å². The summed E-state index contributed by atoms with van der Waals surface area (Å²) in [5, 5.41) is 0. The molecule has 74 valence electrons. The van der Waals surface area contributed by atoms with Gasteiger partial charge in [-0.05, 0) is 32.0 Å². The predicted octanol–water partition coefficient (Wildman–Crippen LogP) is 3.06. The van der Waals surface area contributed by atoms with E-state index in [1.807, 2.05) is 12.1 Å². The molecule has 2 nitrogen and oxygen atoms in total. The first-order chi connectivity index (χ1) is 6.58. The van der Waals surface area contributed by atoms with E-state index in [9.17, 15) is 0 Å². The Morgan fingerprint density at radius 2 is 2.14 bits per heavy atom. The molecule has 0 radical (unpaired) electrons. The summed E-state index contributed by atoms with van der Waals surface area (Å²) in [5.41, 5.74) is 0.981. The van der Waals surface area contributed by atoms with Crippen molar-refractivity contribution in [2.24, 2.45) is 0 Å². The fourth-order valence-corrected chi connectivity index (χ4v) is 2.43. The van der Waals surface area contributed by atoms with E-state index in [1.165, 1.54) is 5.56 Å². The Balaban J connectivity index is 2.11. The maximum Gasteiger partial charge on any atom is 0.132 e. The Morgan fingerprint density at radius 3 is 2.93 bits per heavy atom. The Hall–Kier alpha value is -0.540. The zero-order valence-corrected chi connectivity index (χ0v) is 9.67. The molecule has 2 aliphatic rings. The van der Waals surface area contributed by atoms with Crippen molar-refractivity contribution in [1.29, 1.82) is 0 Å². The van der Waals surface area contributed by atoms with Gasteiger partial charge in [0.1, 0.15) is 23.6 Å². The lowest BCUT2D eigenvalue weighted by Gasteiger charge is -2.29. The molecule has 0 spiro atoms. The highest BCUT2D eigenvalue weighted by Crippen LogP contribution is 2.53. The normalized spacial score (nSPS) is 31.4. The zero-order chi connectivity index (χ0) is 9.92. The minimum absolute atomic E-state index is 0.189. The largest absolute Gasteiger partial charge is 0.485 e. The monoisotopic (exact) mass is 254 g/mol. The van der Waals surface area contributed by atoms with E-state index < -0.39 is 0 Å². The number of hydrogen-bond acceptors (Lipinski definition) is 2. The molecule has 0 saturated carbocycles. The van der Waals surface area contributed by atoms with Crippen molar-refractivity contribution in [3.8, 4) is 5.75 Å². The first kappa shape index (κ1) is 8.74. The number of halogens is 1. The molecule has 0 bridgehead atoms. The minimum Gasteiger partial charge on any atom is -0.485 e. The predicted molar refractivity (Wildman–Crippen MR) is 56.5 cm³/mol. The molecule has 1 aromatic rings. The summed E-state index contributed by atoms with van der Waals surface area (Å²) < 4.78 is 12.6. The van der Waals surface area contributed by atoms with Crippen LogP contribution in [0.2, 0.25) is 0 Å². The standard InChI is InChI=1S/C11H11BrO2/c1-11(2)10-9(13-10)7-5-6(12)3-4-8(7)14-11/h3-5,9-10H,1-2H3. The van der Waals surface area contributed by atoms with Crippen LogP contribution in [0.3, 0.4) is 0 Å². The highest BCUT2D eigenvalue weighted by molar-refractivity contribution is 9.10. The Kier molecular flexibility index (Phi) is 1.58. The maximum absolute atomic E-state index is 5.88. The molecule has 0 aliphatic carbocycles. The SMILES string of the molecule is CC1(C)Oc2ccc(Br)cc2C2OC21. The Bertz CT molecular complexity index is 400. The highest BCUT2D eigenvalue weighted by Gasteiger charge is 2.56. The molecule has 2 atom stereocenters. The fourth-order valence-electron chi connectivity index (χ4n) is 2.05. The Labute approximate surface area is 91.3 Å². The van der Waals surface area contributed by atoms with Crippen LogP contribution >= 0.6 is 15.9 Å². The highest BCUT2D eigenvalue weighted by atomic mass is 79.9. The summed E-state index contributed by atoms with van der Waals surface area (Å²) in [6.07, 6.45) is 0.468. The molecule has 0 amide bonds. The lowest BCUT2D eigenvalue weighted by molar-refractivity contribution is 0.0725. The Morgan fingerprint density at radius 1 is 1.36 bits per heavy atom. The second-order valence-corrected chi connectivity index (χ2v) is 5.28. The number of epoxide rings is 1. The van der Waals surface area contributed by atoms with Gasteiger partial charge < -0.3 is 9.47 Å². The molecule has 3 rings (SSSR count). The van der Waals surface area contributed by atoms with Crippen molar-refractivity contribution < 1.29 is 9.47 Å². The van der Waals surface area contributed by atoms with Gasteiger partial charge in [0.25, 0.3) is 0 Å². The first-order valence-electron chi connectivity index (χ1n) is 4.72. The van der Waals surface area contributed by atoms with Crippen LogP contribution in [0.5, 0.6) is 5.75 Å². The van der Waals surface area contributed by atoms with Crippen LogP contribution in [0.15, 0.2) is 22.7 Å². The molecule has 1 saturated heterocycles. The quantitative estimate of drug-likeness (QED) is 0.664. The summed E-state index contributed by atoms with van der Waals surface area (Å²) in [5.74, 6) is 0.956. The van der Waals surface area contributed by atoms with Gasteiger partial charge >= 0.3 is 0 Å². The number of hydrogen-bond donors (Lipinski definition) is 0. The van der Waals surface area contributed by atoms with Gasteiger partial charge in [-0.15, -0.1) is 0 Å². The summed E-state index contributed by atoms with van der Waals surface area (Å²) in [6.45, 7) is 4.14. The molecule has 14 heavy (non-hydrogen) atoms. The van der Waals surface area contributed by atoms with Gasteiger partial charge in [0.05, 0.1) is 0 Å². The summed E-state index contributed by atoms with van der Waals surface area (Å²) in [7, 11) is 0. The molecular weight excluding hydrogens is 244 g/mol. The van der Waals surface area contributed by atoms with E-state index in [0.717, 1.165) is 10.2 Å². The van der Waals surface area contributed by atoms with E-state index in [0.29, 0.717) is 0 Å². The molecule has 3 heteroatoms. The van der Waals surface area contributed by atoms with E-state index >= 15 is 0 Å². The first-order valence-corrected chi connectivity index (χ1v) is 5.51. The van der Waals surface area contributed by atoms with Crippen molar-refractivity contribution in [2.45, 2.75) is 31.7 Å². The molecule has 2 aliphatic heterocycles. The topological polar surface area (TPSA) is 21.8 Å². The van der Waals surface area contributed by atoms with Crippen molar-refractivity contribution in [1.82, 2.24) is 0 Å². The van der Waals surface area contributed by atoms with Gasteiger partial charge in [0.2, 0.25) is 0 Å². The average molecular weight is 255 g/mol. The van der Waals surface area contributed by atoms with Gasteiger partial charge in [0, 0.05) is 10.0 Å². The third-order valence-corrected chi connectivity index (χ3v) is 3.32. The fraction of sp³-hybridized carbons (Fsp3) is 0.455. The minimum atomic E-state index is -0.189. The van der Waals surface area contributed by atoms with E-state index in [1.54, 1.807) is 0 Å². The summed E-state index contributed by atoms with van der Waals surface area (Å²) in [4.78, 5) is 0. The van der Waals surface area contributed by atoms with Crippen LogP contribution in [0.4, 0.5) is 0 Å². The number of fused-ring (bicyclic) bond motifs is 3. The van der Waals surface area contributed by atoms with Gasteiger partial charge in [-0.2, -0.15) is 0 Å². The van der Waals surface area contributed by atoms with E-state index in [2.05, 4.69) is 35.8 Å². The third kappa shape index (κ3) is 1.12. The third-order valence-electron chi connectivity index (χ3n) is 2.83. The van der Waals surface area contributed by atoms with Crippen LogP contribution in [-0.2, 0) is 4.74 Å². The van der Waals surface area contributed by atoms with Crippen LogP contribution in [0.25, 0.3) is 0 Å². The summed E-state index contributed by atoms with van der Waals surface area (Å²) in [6, 6.07) is 6.08. The summed E-state index contributed by atoms with van der Waals surface area (Å²) >= 11 is 3.45. The molecule has 0 N–H and O–H groups in total. The molecule has 0 aromatic heterocycles. The second kappa shape index (κ2) is 2.52. The van der Waals surface area contributed by atoms with E-state index in [-0.39, 0.29) is 17.8 Å². The van der Waals surface area contributed by atoms with Crippen LogP contribution in [0, 0.1) is 0 Å². The molecule has 1 fully saturated rings. The van der Waals surface area contributed by atoms with Crippen molar-refractivity contribution in [2.75, 3.05) is 0 Å². The van der Waals surface area contributed by atoms with Crippen LogP contribution < -0.4 is 4.74 Å². The average Bonchev–Trinajstić information content (AvgIpc) is 2.86. The number of benzene rings is 1.